The number of fused-ring (bicyclic) bond motifs is 5. The van der Waals surface area contributed by atoms with E-state index in [0.29, 0.717) is 9.54 Å². The van der Waals surface area contributed by atoms with Crippen molar-refractivity contribution in [2.45, 2.75) is 104 Å². The van der Waals surface area contributed by atoms with Gasteiger partial charge in [-0.05, 0) is 0 Å². The van der Waals surface area contributed by atoms with E-state index in [1.807, 2.05) is 0 Å². The Kier molecular flexibility index (Phi) is 9.78. The van der Waals surface area contributed by atoms with Crippen molar-refractivity contribution >= 4 is 14.4 Å². The quantitative estimate of drug-likeness (QED) is 0.297. The summed E-state index contributed by atoms with van der Waals surface area (Å²) in [6.45, 7) is 28.6. The number of allylic oxidation sites excluding steroid dienone is 8. The van der Waals surface area contributed by atoms with Crippen LogP contribution in [-0.4, -0.2) is 3.21 Å². The van der Waals surface area contributed by atoms with Gasteiger partial charge in [-0.1, -0.05) is 0 Å². The molecule has 1 atom stereocenters. The Bertz CT molecular complexity index is 1900. The predicted octanol–water partition coefficient (Wildman–Crippen LogP) is 6.22. The third-order valence-corrected chi connectivity index (χ3v) is 20.0. The molecule has 0 N–H and O–H groups in total. The average Bonchev–Trinajstić information content (AvgIpc) is 3.67. The van der Waals surface area contributed by atoms with Gasteiger partial charge in [-0.3, -0.25) is 0 Å². The molecule has 3 heteroatoms. The first-order chi connectivity index (χ1) is 21.5. The third kappa shape index (κ3) is 5.83. The number of hydrogen-bond donors (Lipinski definition) is 0. The van der Waals surface area contributed by atoms with Gasteiger partial charge in [0.1, 0.15) is 0 Å². The number of benzene rings is 3. The molecule has 0 spiro atoms. The Labute approximate surface area is 310 Å². The van der Waals surface area contributed by atoms with Crippen molar-refractivity contribution in [1.29, 1.82) is 0 Å². The largest absolute Gasteiger partial charge is 1.00 e. The van der Waals surface area contributed by atoms with Crippen LogP contribution in [0, 0.1) is 18.3 Å². The SMILES string of the molecule is CCC1C=C(C(C)(C)C)C=[C]1/[Zr+2](=[C](/C)c1ccc(C)cc1)[CH]1c2cc3c(cc2-c2cc4c(cc21)C(C)(C)C=C4C)C(C)=CC3(C)C.[Cl-].[Cl-]. The summed E-state index contributed by atoms with van der Waals surface area (Å²) in [7, 11) is 0. The van der Waals surface area contributed by atoms with E-state index in [1.54, 1.807) is 17.6 Å². The van der Waals surface area contributed by atoms with E-state index in [1.165, 1.54) is 67.6 Å². The molecular weight excluding hydrogens is 703 g/mol. The molecule has 0 saturated carbocycles. The molecule has 4 aliphatic carbocycles. The molecule has 0 aliphatic heterocycles. The molecule has 0 radical (unpaired) electrons. The van der Waals surface area contributed by atoms with Crippen molar-refractivity contribution in [3.63, 3.8) is 0 Å². The zero-order chi connectivity index (χ0) is 33.1. The van der Waals surface area contributed by atoms with E-state index in [0.717, 1.165) is 0 Å². The summed E-state index contributed by atoms with van der Waals surface area (Å²) in [5.41, 5.74) is 19.6. The van der Waals surface area contributed by atoms with Crippen LogP contribution >= 0.6 is 0 Å². The molecule has 7 rings (SSSR count). The van der Waals surface area contributed by atoms with Crippen LogP contribution in [0.15, 0.2) is 81.7 Å². The molecule has 0 saturated heterocycles. The molecule has 0 bridgehead atoms. The first-order valence-corrected chi connectivity index (χ1v) is 21.4. The summed E-state index contributed by atoms with van der Waals surface area (Å²) >= 11 is -2.68. The minimum absolute atomic E-state index is 0. The minimum Gasteiger partial charge on any atom is -1.00 e. The number of hydrogen-bond acceptors (Lipinski definition) is 0. The van der Waals surface area contributed by atoms with Gasteiger partial charge >= 0.3 is 288 Å². The molecule has 0 heterocycles. The van der Waals surface area contributed by atoms with Crippen LogP contribution in [0.3, 0.4) is 0 Å². The second kappa shape index (κ2) is 12.6. The van der Waals surface area contributed by atoms with Gasteiger partial charge in [-0.15, -0.1) is 0 Å². The first-order valence-electron chi connectivity index (χ1n) is 17.5. The molecule has 0 amide bonds. The summed E-state index contributed by atoms with van der Waals surface area (Å²) in [5.74, 6) is 0.529. The van der Waals surface area contributed by atoms with E-state index >= 15 is 0 Å². The summed E-state index contributed by atoms with van der Waals surface area (Å²) in [5, 5.41) is 0. The summed E-state index contributed by atoms with van der Waals surface area (Å²) in [4.78, 5) is 0. The molecular formula is C45H52Cl2Zr. The maximum absolute atomic E-state index is 2.70. The molecule has 48 heavy (non-hydrogen) atoms. The van der Waals surface area contributed by atoms with Crippen molar-refractivity contribution < 1.29 is 46.1 Å². The summed E-state index contributed by atoms with van der Waals surface area (Å²) in [6.07, 6.45) is 11.5. The van der Waals surface area contributed by atoms with Gasteiger partial charge in [-0.25, -0.2) is 0 Å². The van der Waals surface area contributed by atoms with Gasteiger partial charge < -0.3 is 24.8 Å². The smallest absolute Gasteiger partial charge is 1.00 e. The van der Waals surface area contributed by atoms with Gasteiger partial charge in [0.25, 0.3) is 0 Å². The Morgan fingerprint density at radius 1 is 0.729 bits per heavy atom. The average molecular weight is 755 g/mol. The van der Waals surface area contributed by atoms with Crippen LogP contribution in [0.4, 0.5) is 0 Å². The Morgan fingerprint density at radius 3 is 1.65 bits per heavy atom. The molecule has 1 unspecified atom stereocenters. The first kappa shape index (κ1) is 37.2. The van der Waals surface area contributed by atoms with E-state index in [9.17, 15) is 0 Å². The normalized spacial score (nSPS) is 19.9. The molecule has 3 aromatic rings. The van der Waals surface area contributed by atoms with E-state index in [2.05, 4.69) is 156 Å². The molecule has 3 aromatic carbocycles. The van der Waals surface area contributed by atoms with Gasteiger partial charge in [0.05, 0.1) is 0 Å². The van der Waals surface area contributed by atoms with Crippen LogP contribution in [0.5, 0.6) is 0 Å². The van der Waals surface area contributed by atoms with E-state index < -0.39 is 21.3 Å². The summed E-state index contributed by atoms with van der Waals surface area (Å²) in [6, 6.07) is 20.0. The molecule has 0 aromatic heterocycles. The number of rotatable bonds is 4. The molecule has 4 aliphatic rings. The Morgan fingerprint density at radius 2 is 1.21 bits per heavy atom. The van der Waals surface area contributed by atoms with Gasteiger partial charge in [0, 0.05) is 0 Å². The van der Waals surface area contributed by atoms with Crippen molar-refractivity contribution in [3.8, 4) is 11.1 Å². The van der Waals surface area contributed by atoms with Gasteiger partial charge in [0.15, 0.2) is 0 Å². The monoisotopic (exact) mass is 752 g/mol. The number of halogens is 2. The molecule has 250 valence electrons. The summed E-state index contributed by atoms with van der Waals surface area (Å²) < 4.78 is 3.92. The fraction of sp³-hybridized carbons (Fsp3) is 0.400. The van der Waals surface area contributed by atoms with Crippen LogP contribution in [0.25, 0.3) is 22.3 Å². The van der Waals surface area contributed by atoms with Crippen LogP contribution in [0.1, 0.15) is 131 Å². The van der Waals surface area contributed by atoms with Crippen molar-refractivity contribution in [2.75, 3.05) is 0 Å². The Hall–Kier alpha value is -2.05. The fourth-order valence-corrected chi connectivity index (χ4v) is 18.3. The maximum atomic E-state index is 2.70. The number of aryl methyl sites for hydroxylation is 1. The maximum Gasteiger partial charge on any atom is -1.00 e. The Balaban J connectivity index is 0.00000225. The van der Waals surface area contributed by atoms with Gasteiger partial charge in [-0.2, -0.15) is 0 Å². The van der Waals surface area contributed by atoms with Gasteiger partial charge in [0.2, 0.25) is 0 Å². The van der Waals surface area contributed by atoms with E-state index in [4.69, 9.17) is 0 Å². The second-order valence-electron chi connectivity index (χ2n) is 16.9. The van der Waals surface area contributed by atoms with Crippen LogP contribution in [-0.2, 0) is 32.1 Å². The third-order valence-electron chi connectivity index (χ3n) is 11.6. The van der Waals surface area contributed by atoms with Crippen LogP contribution < -0.4 is 24.8 Å². The van der Waals surface area contributed by atoms with Crippen LogP contribution in [0.2, 0.25) is 0 Å². The predicted molar refractivity (Wildman–Crippen MR) is 197 cm³/mol. The standard InChI is InChI=1S/C25H25.C11H17.C9H10.2ClH.Zr/c1-14-12-24(3,4)22-8-16-7-17-9-23-19(15(2)13-25(23,5)6)11-21(17)20(16)10-18(14)22;1-5-9-6-7-10(8-9)11(2,3)4;1-3-9-6-4-8(2)5-7-9;;;/h7-13H,1-6H3;7-9H,5H2,1-4H3;4-7H,1-2H3;2*1H;/q;;;;;+2/p-2. The van der Waals surface area contributed by atoms with Crippen molar-refractivity contribution in [2.24, 2.45) is 11.3 Å². The topological polar surface area (TPSA) is 0 Å². The van der Waals surface area contributed by atoms with Crippen molar-refractivity contribution in [1.82, 2.24) is 0 Å². The molecule has 0 nitrogen and oxygen atoms in total. The minimum atomic E-state index is -2.68. The second-order valence-corrected chi connectivity index (χ2v) is 23.6. The fourth-order valence-electron chi connectivity index (χ4n) is 9.04. The zero-order valence-electron chi connectivity index (χ0n) is 31.0. The van der Waals surface area contributed by atoms with E-state index in [-0.39, 0.29) is 41.1 Å². The van der Waals surface area contributed by atoms with Crippen molar-refractivity contribution in [3.05, 3.63) is 126 Å². The molecule has 0 fully saturated rings. The zero-order valence-corrected chi connectivity index (χ0v) is 35.0.